The highest BCUT2D eigenvalue weighted by Crippen LogP contribution is 2.31. The zero-order valence-electron chi connectivity index (χ0n) is 10.7. The van der Waals surface area contributed by atoms with Crippen LogP contribution in [0.3, 0.4) is 0 Å². The molecule has 0 saturated carbocycles. The summed E-state index contributed by atoms with van der Waals surface area (Å²) in [4.78, 5) is 3.59. The van der Waals surface area contributed by atoms with Crippen LogP contribution in [0, 0.1) is 5.82 Å². The number of halogens is 1. The summed E-state index contributed by atoms with van der Waals surface area (Å²) in [5, 5.41) is 2.12. The van der Waals surface area contributed by atoms with Crippen LogP contribution in [0.25, 0.3) is 0 Å². The van der Waals surface area contributed by atoms with Crippen LogP contribution in [-0.4, -0.2) is 13.1 Å². The first-order chi connectivity index (χ1) is 9.29. The first-order valence-corrected chi connectivity index (χ1v) is 7.45. The summed E-state index contributed by atoms with van der Waals surface area (Å²) in [6.07, 6.45) is 1.73. The van der Waals surface area contributed by atoms with E-state index in [2.05, 4.69) is 16.3 Å². The third-order valence-corrected chi connectivity index (χ3v) is 4.63. The monoisotopic (exact) mass is 276 g/mol. The van der Waals surface area contributed by atoms with Gasteiger partial charge in [-0.2, -0.15) is 0 Å². The molecule has 19 heavy (non-hydrogen) atoms. The van der Waals surface area contributed by atoms with Gasteiger partial charge in [0.05, 0.1) is 5.69 Å². The lowest BCUT2D eigenvalue weighted by atomic mass is 10.0. The smallest absolute Gasteiger partial charge is 0.146 e. The van der Waals surface area contributed by atoms with Crippen molar-refractivity contribution in [3.05, 3.63) is 51.5 Å². The van der Waals surface area contributed by atoms with Crippen LogP contribution in [0.2, 0.25) is 0 Å². The van der Waals surface area contributed by atoms with Crippen LogP contribution in [0.1, 0.15) is 16.0 Å². The van der Waals surface area contributed by atoms with Gasteiger partial charge in [0.15, 0.2) is 0 Å². The molecule has 2 N–H and O–H groups in total. The Labute approximate surface area is 116 Å². The lowest BCUT2D eigenvalue weighted by Crippen LogP contribution is -2.31. The molecule has 0 atom stereocenters. The predicted molar refractivity (Wildman–Crippen MR) is 78.2 cm³/mol. The van der Waals surface area contributed by atoms with Gasteiger partial charge in [-0.3, -0.25) is 0 Å². The molecule has 1 aliphatic heterocycles. The van der Waals surface area contributed by atoms with Gasteiger partial charge < -0.3 is 10.6 Å². The van der Waals surface area contributed by atoms with E-state index in [9.17, 15) is 4.39 Å². The van der Waals surface area contributed by atoms with Crippen molar-refractivity contribution in [2.75, 3.05) is 18.0 Å². The van der Waals surface area contributed by atoms with Gasteiger partial charge in [0.25, 0.3) is 0 Å². The Hall–Kier alpha value is -1.39. The van der Waals surface area contributed by atoms with Crippen molar-refractivity contribution < 1.29 is 4.39 Å². The summed E-state index contributed by atoms with van der Waals surface area (Å²) in [5.41, 5.74) is 8.72. The molecule has 0 unspecified atom stereocenters. The molecule has 2 nitrogen and oxygen atoms in total. The molecule has 1 aromatic carbocycles. The number of nitrogens with zero attached hydrogens (tertiary/aromatic N) is 1. The fraction of sp³-hybridized carbons (Fsp3) is 0.333. The van der Waals surface area contributed by atoms with E-state index < -0.39 is 0 Å². The number of fused-ring (bicyclic) bond motifs is 1. The molecule has 0 radical (unpaired) electrons. The molecule has 0 spiro atoms. The minimum Gasteiger partial charge on any atom is -0.364 e. The molecule has 1 aromatic heterocycles. The number of benzene rings is 1. The Morgan fingerprint density at radius 3 is 3.05 bits per heavy atom. The topological polar surface area (TPSA) is 29.3 Å². The van der Waals surface area contributed by atoms with Crippen molar-refractivity contribution in [1.29, 1.82) is 0 Å². The Kier molecular flexibility index (Phi) is 3.53. The Bertz CT molecular complexity index is 579. The zero-order valence-corrected chi connectivity index (χ0v) is 11.5. The van der Waals surface area contributed by atoms with Crippen molar-refractivity contribution in [2.24, 2.45) is 5.73 Å². The summed E-state index contributed by atoms with van der Waals surface area (Å²) in [5.74, 6) is -0.135. The molecule has 3 rings (SSSR count). The molecule has 1 aliphatic rings. The van der Waals surface area contributed by atoms with Gasteiger partial charge in [0, 0.05) is 18.0 Å². The first kappa shape index (κ1) is 12.6. The molecule has 2 aromatic rings. The summed E-state index contributed by atoms with van der Waals surface area (Å²) in [7, 11) is 0. The number of rotatable bonds is 3. The molecular formula is C15H17FN2S. The van der Waals surface area contributed by atoms with Crippen LogP contribution in [-0.2, 0) is 19.4 Å². The van der Waals surface area contributed by atoms with Crippen molar-refractivity contribution >= 4 is 17.0 Å². The highest BCUT2D eigenvalue weighted by molar-refractivity contribution is 7.10. The average molecular weight is 276 g/mol. The van der Waals surface area contributed by atoms with E-state index >= 15 is 0 Å². The standard InChI is InChI=1S/C15H17FN2S/c16-13-3-1-2-11(4-7-17)15(13)18-8-5-14-12(10-18)6-9-19-14/h1-3,6,9H,4-5,7-8,10,17H2. The molecule has 2 heterocycles. The van der Waals surface area contributed by atoms with Crippen molar-refractivity contribution in [2.45, 2.75) is 19.4 Å². The van der Waals surface area contributed by atoms with E-state index in [1.54, 1.807) is 23.5 Å². The van der Waals surface area contributed by atoms with Gasteiger partial charge in [0.2, 0.25) is 0 Å². The SMILES string of the molecule is NCCc1cccc(F)c1N1CCc2sccc2C1. The van der Waals surface area contributed by atoms with Crippen LogP contribution in [0.5, 0.6) is 0 Å². The predicted octanol–water partition coefficient (Wildman–Crippen LogP) is 2.95. The summed E-state index contributed by atoms with van der Waals surface area (Å²) < 4.78 is 14.2. The van der Waals surface area contributed by atoms with Crippen LogP contribution >= 0.6 is 11.3 Å². The second-order valence-electron chi connectivity index (χ2n) is 4.83. The maximum atomic E-state index is 14.2. The highest BCUT2D eigenvalue weighted by atomic mass is 32.1. The first-order valence-electron chi connectivity index (χ1n) is 6.57. The molecule has 0 aliphatic carbocycles. The number of para-hydroxylation sites is 1. The molecular weight excluding hydrogens is 259 g/mol. The summed E-state index contributed by atoms with van der Waals surface area (Å²) >= 11 is 1.80. The molecule has 0 saturated heterocycles. The fourth-order valence-electron chi connectivity index (χ4n) is 2.71. The van der Waals surface area contributed by atoms with Crippen molar-refractivity contribution in [1.82, 2.24) is 0 Å². The highest BCUT2D eigenvalue weighted by Gasteiger charge is 2.21. The minimum atomic E-state index is -0.135. The molecule has 0 fully saturated rings. The van der Waals surface area contributed by atoms with Gasteiger partial charge in [-0.05, 0) is 48.0 Å². The summed E-state index contributed by atoms with van der Waals surface area (Å²) in [6.45, 7) is 2.23. The molecule has 4 heteroatoms. The van der Waals surface area contributed by atoms with Gasteiger partial charge in [-0.25, -0.2) is 4.39 Å². The third-order valence-electron chi connectivity index (χ3n) is 3.61. The van der Waals surface area contributed by atoms with E-state index in [4.69, 9.17) is 5.73 Å². The Morgan fingerprint density at radius 1 is 1.32 bits per heavy atom. The third kappa shape index (κ3) is 2.38. The molecule has 0 amide bonds. The second kappa shape index (κ2) is 5.31. The maximum absolute atomic E-state index is 14.2. The Balaban J connectivity index is 1.95. The van der Waals surface area contributed by atoms with E-state index in [-0.39, 0.29) is 5.82 Å². The fourth-order valence-corrected chi connectivity index (χ4v) is 3.60. The van der Waals surface area contributed by atoms with E-state index in [1.165, 1.54) is 10.4 Å². The lowest BCUT2D eigenvalue weighted by Gasteiger charge is -2.31. The number of nitrogens with two attached hydrogens (primary N) is 1. The number of hydrogen-bond donors (Lipinski definition) is 1. The molecule has 100 valence electrons. The number of anilines is 1. The zero-order chi connectivity index (χ0) is 13.2. The maximum Gasteiger partial charge on any atom is 0.146 e. The average Bonchev–Trinajstić information content (AvgIpc) is 2.86. The number of thiophene rings is 1. The van der Waals surface area contributed by atoms with Gasteiger partial charge in [-0.15, -0.1) is 11.3 Å². The normalized spacial score (nSPS) is 14.5. The quantitative estimate of drug-likeness (QED) is 0.934. The minimum absolute atomic E-state index is 0.135. The van der Waals surface area contributed by atoms with Crippen LogP contribution in [0.4, 0.5) is 10.1 Å². The van der Waals surface area contributed by atoms with Gasteiger partial charge >= 0.3 is 0 Å². The lowest BCUT2D eigenvalue weighted by molar-refractivity contribution is 0.608. The second-order valence-corrected chi connectivity index (χ2v) is 5.83. The summed E-state index contributed by atoms with van der Waals surface area (Å²) in [6, 6.07) is 7.44. The molecule has 0 bridgehead atoms. The van der Waals surface area contributed by atoms with E-state index in [0.717, 1.165) is 37.2 Å². The van der Waals surface area contributed by atoms with Gasteiger partial charge in [-0.1, -0.05) is 12.1 Å². The Morgan fingerprint density at radius 2 is 2.21 bits per heavy atom. The van der Waals surface area contributed by atoms with Crippen molar-refractivity contribution in [3.8, 4) is 0 Å². The van der Waals surface area contributed by atoms with E-state index in [1.807, 2.05) is 6.07 Å². The van der Waals surface area contributed by atoms with Crippen molar-refractivity contribution in [3.63, 3.8) is 0 Å². The van der Waals surface area contributed by atoms with Crippen LogP contribution in [0.15, 0.2) is 29.6 Å². The number of hydrogen-bond acceptors (Lipinski definition) is 3. The van der Waals surface area contributed by atoms with E-state index in [0.29, 0.717) is 6.54 Å². The van der Waals surface area contributed by atoms with Crippen LogP contribution < -0.4 is 10.6 Å². The largest absolute Gasteiger partial charge is 0.364 e. The van der Waals surface area contributed by atoms with Gasteiger partial charge in [0.1, 0.15) is 5.82 Å².